The molecule has 1 saturated heterocycles. The fourth-order valence-corrected chi connectivity index (χ4v) is 5.93. The maximum atomic E-state index is 14.0. The number of anilines is 2. The maximum Gasteiger partial charge on any atom is 0.410 e. The molecule has 4 rings (SSSR count). The molecular weight excluding hydrogens is 490 g/mol. The Kier molecular flexibility index (Phi) is 7.30. The quantitative estimate of drug-likeness (QED) is 0.496. The summed E-state index contributed by atoms with van der Waals surface area (Å²) in [5, 5.41) is 0.218. The second kappa shape index (κ2) is 10.0. The zero-order valence-corrected chi connectivity index (χ0v) is 23.0. The van der Waals surface area contributed by atoms with E-state index in [2.05, 4.69) is 18.2 Å². The highest BCUT2D eigenvalue weighted by Gasteiger charge is 2.50. The van der Waals surface area contributed by atoms with Crippen LogP contribution in [0.1, 0.15) is 87.7 Å². The van der Waals surface area contributed by atoms with Crippen molar-refractivity contribution in [1.82, 2.24) is 4.90 Å². The average molecular weight is 526 g/mol. The second-order valence-electron chi connectivity index (χ2n) is 10.9. The van der Waals surface area contributed by atoms with Gasteiger partial charge in [0.15, 0.2) is 0 Å². The lowest BCUT2D eigenvalue weighted by molar-refractivity contribution is -0.122. The molecule has 37 heavy (non-hydrogen) atoms. The van der Waals surface area contributed by atoms with E-state index in [4.69, 9.17) is 22.1 Å². The number of nitrogens with zero attached hydrogens (tertiary/aromatic N) is 2. The first-order chi connectivity index (χ1) is 17.4. The molecule has 0 saturated carbocycles. The number of halogens is 1. The average Bonchev–Trinajstić information content (AvgIpc) is 3.09. The monoisotopic (exact) mass is 525 g/mol. The molecule has 3 amide bonds. The van der Waals surface area contributed by atoms with E-state index in [1.165, 1.54) is 0 Å². The minimum absolute atomic E-state index is 0.0749. The zero-order chi connectivity index (χ0) is 27.1. The van der Waals surface area contributed by atoms with Gasteiger partial charge >= 0.3 is 6.09 Å². The van der Waals surface area contributed by atoms with Gasteiger partial charge in [0.2, 0.25) is 5.91 Å². The normalized spacial score (nSPS) is 17.6. The molecule has 0 atom stereocenters. The van der Waals surface area contributed by atoms with Crippen LogP contribution in [0.2, 0.25) is 5.02 Å². The summed E-state index contributed by atoms with van der Waals surface area (Å²) in [4.78, 5) is 42.3. The number of carbonyl (C=O) groups excluding carboxylic acids is 3. The number of piperidine rings is 1. The standard InChI is InChI=1S/C29H36ClN3O4/c1-6-29(7-2)20-12-11-19(18-13-15-32(16-14-18)27(36)37-28(3,4)5)17-23(20)33(26(29)35)22-10-8-9-21(30)24(22)25(31)34/h8-12,17-18H,6-7,13-16H2,1-5H3,(H2,31,34). The van der Waals surface area contributed by atoms with Gasteiger partial charge < -0.3 is 15.4 Å². The van der Waals surface area contributed by atoms with Crippen molar-refractivity contribution in [3.8, 4) is 0 Å². The molecular formula is C29H36ClN3O4. The van der Waals surface area contributed by atoms with Gasteiger partial charge in [0.05, 0.1) is 27.4 Å². The Morgan fingerprint density at radius 3 is 2.30 bits per heavy atom. The van der Waals surface area contributed by atoms with Crippen molar-refractivity contribution >= 4 is 40.9 Å². The first-order valence-electron chi connectivity index (χ1n) is 13.0. The van der Waals surface area contributed by atoms with Crippen LogP contribution in [0.3, 0.4) is 0 Å². The minimum atomic E-state index is -0.689. The smallest absolute Gasteiger partial charge is 0.410 e. The molecule has 2 aromatic rings. The zero-order valence-electron chi connectivity index (χ0n) is 22.3. The van der Waals surface area contributed by atoms with Gasteiger partial charge in [-0.1, -0.05) is 43.6 Å². The molecule has 0 bridgehead atoms. The number of benzene rings is 2. The molecule has 7 nitrogen and oxygen atoms in total. The van der Waals surface area contributed by atoms with Crippen LogP contribution in [0.5, 0.6) is 0 Å². The van der Waals surface area contributed by atoms with E-state index < -0.39 is 16.9 Å². The number of hydrogen-bond donors (Lipinski definition) is 1. The molecule has 0 aliphatic carbocycles. The van der Waals surface area contributed by atoms with Gasteiger partial charge in [-0.15, -0.1) is 0 Å². The van der Waals surface area contributed by atoms with Crippen molar-refractivity contribution in [2.45, 2.75) is 77.2 Å². The van der Waals surface area contributed by atoms with Gasteiger partial charge in [-0.05, 0) is 81.7 Å². The van der Waals surface area contributed by atoms with Crippen molar-refractivity contribution in [3.05, 3.63) is 58.1 Å². The fraction of sp³-hybridized carbons (Fsp3) is 0.483. The number of fused-ring (bicyclic) bond motifs is 1. The summed E-state index contributed by atoms with van der Waals surface area (Å²) in [5.41, 5.74) is 7.86. The van der Waals surface area contributed by atoms with Crippen LogP contribution < -0.4 is 10.6 Å². The number of ether oxygens (including phenoxy) is 1. The van der Waals surface area contributed by atoms with Gasteiger partial charge in [-0.3, -0.25) is 14.5 Å². The molecule has 0 aromatic heterocycles. The van der Waals surface area contributed by atoms with E-state index in [0.717, 1.165) is 29.7 Å². The molecule has 2 aliphatic heterocycles. The highest BCUT2D eigenvalue weighted by atomic mass is 35.5. The van der Waals surface area contributed by atoms with Crippen molar-refractivity contribution in [1.29, 1.82) is 0 Å². The van der Waals surface area contributed by atoms with Gasteiger partial charge in [-0.2, -0.15) is 0 Å². The minimum Gasteiger partial charge on any atom is -0.444 e. The van der Waals surface area contributed by atoms with E-state index in [1.807, 2.05) is 34.6 Å². The Labute approximate surface area is 223 Å². The Hall–Kier alpha value is -3.06. The van der Waals surface area contributed by atoms with Crippen LogP contribution in [-0.4, -0.2) is 41.5 Å². The van der Waals surface area contributed by atoms with Crippen molar-refractivity contribution < 1.29 is 19.1 Å². The van der Waals surface area contributed by atoms with Crippen LogP contribution in [0, 0.1) is 0 Å². The van der Waals surface area contributed by atoms with Crippen molar-refractivity contribution in [2.24, 2.45) is 5.73 Å². The lowest BCUT2D eigenvalue weighted by atomic mass is 9.76. The number of nitrogens with two attached hydrogens (primary N) is 1. The van der Waals surface area contributed by atoms with E-state index in [1.54, 1.807) is 28.0 Å². The van der Waals surface area contributed by atoms with Crippen LogP contribution >= 0.6 is 11.6 Å². The number of amides is 3. The summed E-state index contributed by atoms with van der Waals surface area (Å²) in [6, 6.07) is 11.3. The van der Waals surface area contributed by atoms with Crippen molar-refractivity contribution in [3.63, 3.8) is 0 Å². The number of rotatable bonds is 5. The molecule has 2 N–H and O–H groups in total. The summed E-state index contributed by atoms with van der Waals surface area (Å²) >= 11 is 6.37. The third-order valence-corrected chi connectivity index (χ3v) is 8.01. The first-order valence-corrected chi connectivity index (χ1v) is 13.4. The summed E-state index contributed by atoms with van der Waals surface area (Å²) < 4.78 is 5.54. The van der Waals surface area contributed by atoms with Crippen LogP contribution in [0.4, 0.5) is 16.2 Å². The topological polar surface area (TPSA) is 92.9 Å². The third-order valence-electron chi connectivity index (χ3n) is 7.69. The molecule has 1 fully saturated rings. The molecule has 8 heteroatoms. The summed E-state index contributed by atoms with van der Waals surface area (Å²) in [6.45, 7) is 10.8. The van der Waals surface area contributed by atoms with E-state index in [0.29, 0.717) is 31.6 Å². The number of likely N-dealkylation sites (tertiary alicyclic amines) is 1. The predicted molar refractivity (Wildman–Crippen MR) is 146 cm³/mol. The van der Waals surface area contributed by atoms with E-state index >= 15 is 0 Å². The van der Waals surface area contributed by atoms with Gasteiger partial charge in [0.25, 0.3) is 5.91 Å². The largest absolute Gasteiger partial charge is 0.444 e. The van der Waals surface area contributed by atoms with Crippen LogP contribution in [0.15, 0.2) is 36.4 Å². The second-order valence-corrected chi connectivity index (χ2v) is 11.4. The summed E-state index contributed by atoms with van der Waals surface area (Å²) in [5.74, 6) is -0.519. The molecule has 2 aromatic carbocycles. The maximum absolute atomic E-state index is 14.0. The third kappa shape index (κ3) is 4.81. The fourth-order valence-electron chi connectivity index (χ4n) is 5.67. The molecule has 0 radical (unpaired) electrons. The molecule has 2 aliphatic rings. The van der Waals surface area contributed by atoms with E-state index in [-0.39, 0.29) is 28.5 Å². The molecule has 2 heterocycles. The number of primary amides is 1. The number of carbonyl (C=O) groups is 3. The molecule has 198 valence electrons. The molecule has 0 spiro atoms. The van der Waals surface area contributed by atoms with Gasteiger partial charge in [-0.25, -0.2) is 4.79 Å². The molecule has 0 unspecified atom stereocenters. The predicted octanol–water partition coefficient (Wildman–Crippen LogP) is 6.29. The lowest BCUT2D eigenvalue weighted by Crippen LogP contribution is -2.41. The Bertz CT molecular complexity index is 1220. The van der Waals surface area contributed by atoms with Gasteiger partial charge in [0, 0.05) is 13.1 Å². The first kappa shape index (κ1) is 27.0. The van der Waals surface area contributed by atoms with E-state index in [9.17, 15) is 14.4 Å². The van der Waals surface area contributed by atoms with Crippen molar-refractivity contribution in [2.75, 3.05) is 18.0 Å². The van der Waals surface area contributed by atoms with Crippen LogP contribution in [0.25, 0.3) is 0 Å². The van der Waals surface area contributed by atoms with Gasteiger partial charge in [0.1, 0.15) is 5.60 Å². The summed E-state index contributed by atoms with van der Waals surface area (Å²) in [7, 11) is 0. The Balaban J connectivity index is 1.71. The van der Waals surface area contributed by atoms with Crippen LogP contribution in [-0.2, 0) is 14.9 Å². The lowest BCUT2D eigenvalue weighted by Gasteiger charge is -2.34. The Morgan fingerprint density at radius 2 is 1.73 bits per heavy atom. The summed E-state index contributed by atoms with van der Waals surface area (Å²) in [6.07, 6.45) is 2.56. The number of hydrogen-bond acceptors (Lipinski definition) is 4. The SMILES string of the molecule is CCC1(CC)C(=O)N(c2cccc(Cl)c2C(N)=O)c2cc(C3CCN(C(=O)OC(C)(C)C)CC3)ccc21. The Morgan fingerprint density at radius 1 is 1.08 bits per heavy atom. The highest BCUT2D eigenvalue weighted by molar-refractivity contribution is 6.35. The highest BCUT2D eigenvalue weighted by Crippen LogP contribution is 2.51.